The van der Waals surface area contributed by atoms with E-state index < -0.39 is 11.7 Å². The van der Waals surface area contributed by atoms with Gasteiger partial charge in [0.25, 0.3) is 0 Å². The first-order valence-electron chi connectivity index (χ1n) is 7.29. The highest BCUT2D eigenvalue weighted by Gasteiger charge is 2.30. The van der Waals surface area contributed by atoms with Crippen LogP contribution in [-0.2, 0) is 11.0 Å². The molecule has 23 heavy (non-hydrogen) atoms. The van der Waals surface area contributed by atoms with Crippen molar-refractivity contribution < 1.29 is 23.1 Å². The fraction of sp³-hybridized carbons (Fsp3) is 0.562. The van der Waals surface area contributed by atoms with Gasteiger partial charge in [-0.1, -0.05) is 25.1 Å². The number of hydrogen-bond donors (Lipinski definition) is 2. The Morgan fingerprint density at radius 3 is 2.52 bits per heavy atom. The second kappa shape index (κ2) is 8.59. The van der Waals surface area contributed by atoms with E-state index in [1.54, 1.807) is 19.9 Å². The molecule has 0 aliphatic heterocycles. The molecular weight excluding hydrogens is 327 g/mol. The minimum atomic E-state index is -4.39. The molecule has 1 aromatic carbocycles. The molecule has 3 nitrogen and oxygen atoms in total. The van der Waals surface area contributed by atoms with E-state index in [-0.39, 0.29) is 36.1 Å². The van der Waals surface area contributed by atoms with Gasteiger partial charge in [-0.25, -0.2) is 0 Å². The molecule has 1 rings (SSSR count). The lowest BCUT2D eigenvalue weighted by molar-refractivity contribution is -0.137. The van der Waals surface area contributed by atoms with Crippen molar-refractivity contribution in [2.24, 2.45) is 0 Å². The molecule has 3 atom stereocenters. The Morgan fingerprint density at radius 2 is 2.00 bits per heavy atom. The van der Waals surface area contributed by atoms with Gasteiger partial charge in [-0.2, -0.15) is 24.9 Å². The Labute approximate surface area is 138 Å². The van der Waals surface area contributed by atoms with Crippen molar-refractivity contribution in [3.63, 3.8) is 0 Å². The largest absolute Gasteiger partial charge is 0.416 e. The van der Waals surface area contributed by atoms with Gasteiger partial charge < -0.3 is 10.4 Å². The lowest BCUT2D eigenvalue weighted by Crippen LogP contribution is -2.41. The van der Waals surface area contributed by atoms with Crippen molar-refractivity contribution in [3.8, 4) is 0 Å². The van der Waals surface area contributed by atoms with Crippen molar-refractivity contribution >= 4 is 17.7 Å². The molecule has 0 radical (unpaired) electrons. The minimum absolute atomic E-state index is 0.0498. The number of hydrogen-bond acceptors (Lipinski definition) is 3. The predicted molar refractivity (Wildman–Crippen MR) is 86.5 cm³/mol. The number of aliphatic hydroxyl groups excluding tert-OH is 1. The van der Waals surface area contributed by atoms with Crippen molar-refractivity contribution in [1.29, 1.82) is 0 Å². The third-order valence-corrected chi connectivity index (χ3v) is 4.87. The van der Waals surface area contributed by atoms with E-state index in [0.29, 0.717) is 5.56 Å². The number of alkyl halides is 3. The summed E-state index contributed by atoms with van der Waals surface area (Å²) in [4.78, 5) is 12.0. The highest BCUT2D eigenvalue weighted by molar-refractivity contribution is 7.99. The summed E-state index contributed by atoms with van der Waals surface area (Å²) in [6.07, 6.45) is -2.45. The Bertz CT molecular complexity index is 518. The Kier molecular flexibility index (Phi) is 7.41. The SMILES string of the molecule is CSC(CO)C(C)NC(=O)CC(C)c1cccc(C(F)(F)F)c1. The second-order valence-electron chi connectivity index (χ2n) is 5.54. The van der Waals surface area contributed by atoms with Crippen LogP contribution in [0.4, 0.5) is 13.2 Å². The van der Waals surface area contributed by atoms with Gasteiger partial charge in [0.05, 0.1) is 12.2 Å². The van der Waals surface area contributed by atoms with Crippen LogP contribution < -0.4 is 5.32 Å². The van der Waals surface area contributed by atoms with Crippen molar-refractivity contribution in [2.75, 3.05) is 12.9 Å². The molecule has 2 N–H and O–H groups in total. The predicted octanol–water partition coefficient (Wildman–Crippen LogP) is 3.43. The molecule has 0 bridgehead atoms. The van der Waals surface area contributed by atoms with Gasteiger partial charge in [0.15, 0.2) is 0 Å². The van der Waals surface area contributed by atoms with Crippen molar-refractivity contribution in [2.45, 2.75) is 43.7 Å². The van der Waals surface area contributed by atoms with Crippen LogP contribution in [0.2, 0.25) is 0 Å². The van der Waals surface area contributed by atoms with Crippen LogP contribution in [0.5, 0.6) is 0 Å². The Hall–Kier alpha value is -1.21. The van der Waals surface area contributed by atoms with E-state index in [4.69, 9.17) is 0 Å². The number of amides is 1. The normalized spacial score (nSPS) is 15.8. The maximum Gasteiger partial charge on any atom is 0.416 e. The summed E-state index contributed by atoms with van der Waals surface area (Å²) in [5.41, 5.74) is -0.232. The number of rotatable bonds is 7. The summed E-state index contributed by atoms with van der Waals surface area (Å²) < 4.78 is 38.2. The van der Waals surface area contributed by atoms with Crippen LogP contribution in [-0.4, -0.2) is 35.2 Å². The monoisotopic (exact) mass is 349 g/mol. The number of carbonyl (C=O) groups is 1. The average Bonchev–Trinajstić information content (AvgIpc) is 2.47. The Balaban J connectivity index is 2.69. The molecule has 7 heteroatoms. The standard InChI is InChI=1S/C16H22F3NO2S/c1-10(7-15(22)20-11(2)14(9-21)23-3)12-5-4-6-13(8-12)16(17,18)19/h4-6,8,10-11,14,21H,7,9H2,1-3H3,(H,20,22). The molecule has 0 fully saturated rings. The molecule has 1 amide bonds. The molecule has 1 aromatic rings. The zero-order valence-corrected chi connectivity index (χ0v) is 14.2. The van der Waals surface area contributed by atoms with Crippen LogP contribution in [0.1, 0.15) is 37.3 Å². The van der Waals surface area contributed by atoms with Crippen LogP contribution in [0.25, 0.3) is 0 Å². The van der Waals surface area contributed by atoms with Crippen molar-refractivity contribution in [1.82, 2.24) is 5.32 Å². The molecular formula is C16H22F3NO2S. The van der Waals surface area contributed by atoms with Gasteiger partial charge in [0.1, 0.15) is 0 Å². The first-order valence-corrected chi connectivity index (χ1v) is 8.58. The third kappa shape index (κ3) is 6.06. The van der Waals surface area contributed by atoms with Crippen molar-refractivity contribution in [3.05, 3.63) is 35.4 Å². The summed E-state index contributed by atoms with van der Waals surface area (Å²) in [6, 6.07) is 4.83. The topological polar surface area (TPSA) is 49.3 Å². The third-order valence-electron chi connectivity index (χ3n) is 3.70. The molecule has 0 aliphatic rings. The van der Waals surface area contributed by atoms with Gasteiger partial charge >= 0.3 is 6.18 Å². The quantitative estimate of drug-likeness (QED) is 0.793. The molecule has 0 saturated heterocycles. The van der Waals surface area contributed by atoms with E-state index in [1.165, 1.54) is 17.8 Å². The maximum absolute atomic E-state index is 12.7. The fourth-order valence-corrected chi connectivity index (χ4v) is 2.89. The molecule has 0 spiro atoms. The zero-order valence-electron chi connectivity index (χ0n) is 13.4. The first kappa shape index (κ1) is 19.8. The number of carbonyl (C=O) groups excluding carboxylic acids is 1. The van der Waals surface area contributed by atoms with Crippen LogP contribution in [0, 0.1) is 0 Å². The number of thioether (sulfide) groups is 1. The molecule has 3 unspecified atom stereocenters. The van der Waals surface area contributed by atoms with Gasteiger partial charge in [-0.15, -0.1) is 0 Å². The first-order chi connectivity index (χ1) is 10.7. The summed E-state index contributed by atoms with van der Waals surface area (Å²) in [7, 11) is 0. The molecule has 0 aromatic heterocycles. The van der Waals surface area contributed by atoms with Gasteiger partial charge in [-0.3, -0.25) is 4.79 Å². The summed E-state index contributed by atoms with van der Waals surface area (Å²) in [6.45, 7) is 3.47. The lowest BCUT2D eigenvalue weighted by Gasteiger charge is -2.22. The average molecular weight is 349 g/mol. The van der Waals surface area contributed by atoms with E-state index in [9.17, 15) is 23.1 Å². The highest BCUT2D eigenvalue weighted by Crippen LogP contribution is 2.31. The van der Waals surface area contributed by atoms with E-state index in [0.717, 1.165) is 12.1 Å². The highest BCUT2D eigenvalue weighted by atomic mass is 32.2. The number of nitrogens with one attached hydrogen (secondary N) is 1. The summed E-state index contributed by atoms with van der Waals surface area (Å²) in [5, 5.41) is 11.9. The maximum atomic E-state index is 12.7. The molecule has 0 saturated carbocycles. The molecule has 130 valence electrons. The minimum Gasteiger partial charge on any atom is -0.395 e. The number of aliphatic hydroxyl groups is 1. The second-order valence-corrected chi connectivity index (χ2v) is 6.62. The van der Waals surface area contributed by atoms with Crippen LogP contribution in [0.15, 0.2) is 24.3 Å². The van der Waals surface area contributed by atoms with Crippen LogP contribution in [0.3, 0.4) is 0 Å². The fourth-order valence-electron chi connectivity index (χ4n) is 2.26. The molecule has 0 aliphatic carbocycles. The van der Waals surface area contributed by atoms with Crippen LogP contribution >= 0.6 is 11.8 Å². The van der Waals surface area contributed by atoms with E-state index in [2.05, 4.69) is 5.32 Å². The molecule has 0 heterocycles. The number of halogens is 3. The van der Waals surface area contributed by atoms with Gasteiger partial charge in [-0.05, 0) is 30.7 Å². The van der Waals surface area contributed by atoms with Gasteiger partial charge in [0.2, 0.25) is 5.91 Å². The zero-order chi connectivity index (χ0) is 17.6. The summed E-state index contributed by atoms with van der Waals surface area (Å²) >= 11 is 1.45. The van der Waals surface area contributed by atoms with Gasteiger partial charge in [0, 0.05) is 17.7 Å². The van der Waals surface area contributed by atoms with E-state index in [1.807, 2.05) is 6.26 Å². The lowest BCUT2D eigenvalue weighted by atomic mass is 9.95. The van der Waals surface area contributed by atoms with E-state index >= 15 is 0 Å². The number of benzene rings is 1. The Morgan fingerprint density at radius 1 is 1.35 bits per heavy atom. The summed E-state index contributed by atoms with van der Waals surface area (Å²) in [5.74, 6) is -0.568. The smallest absolute Gasteiger partial charge is 0.395 e.